The second kappa shape index (κ2) is 3.04. The molecule has 0 aliphatic carbocycles. The summed E-state index contributed by atoms with van der Waals surface area (Å²) in [5.74, 6) is 1.38. The maximum absolute atomic E-state index is 5.71. The Hall–Kier alpha value is -1.02. The van der Waals surface area contributed by atoms with E-state index in [4.69, 9.17) is 10.5 Å². The number of rotatable bonds is 1. The van der Waals surface area contributed by atoms with Gasteiger partial charge in [-0.15, -0.1) is 0 Å². The van der Waals surface area contributed by atoms with Crippen LogP contribution in [0.5, 0.6) is 5.75 Å². The molecule has 1 heterocycles. The average Bonchev–Trinajstić information content (AvgIpc) is 2.40. The third-order valence-electron chi connectivity index (χ3n) is 2.70. The molecule has 0 saturated heterocycles. The van der Waals surface area contributed by atoms with Crippen molar-refractivity contribution in [3.8, 4) is 5.75 Å². The van der Waals surface area contributed by atoms with Crippen LogP contribution in [0.3, 0.4) is 0 Å². The third kappa shape index (κ3) is 1.31. The van der Waals surface area contributed by atoms with Crippen LogP contribution in [0.15, 0.2) is 18.2 Å². The summed E-state index contributed by atoms with van der Waals surface area (Å²) in [7, 11) is 0. The molecule has 0 bridgehead atoms. The molecule has 1 aromatic carbocycles. The fraction of sp³-hybridized carbons (Fsp3) is 0.455. The van der Waals surface area contributed by atoms with Crippen molar-refractivity contribution < 1.29 is 4.74 Å². The normalized spacial score (nSPS) is 25.5. The van der Waals surface area contributed by atoms with Crippen molar-refractivity contribution in [3.63, 3.8) is 0 Å². The molecule has 0 spiro atoms. The Morgan fingerprint density at radius 2 is 2.23 bits per heavy atom. The van der Waals surface area contributed by atoms with Crippen molar-refractivity contribution >= 4 is 0 Å². The van der Waals surface area contributed by atoms with E-state index in [1.807, 2.05) is 6.07 Å². The Bertz CT molecular complexity index is 322. The minimum Gasteiger partial charge on any atom is -0.490 e. The lowest BCUT2D eigenvalue weighted by molar-refractivity contribution is 0.228. The zero-order chi connectivity index (χ0) is 9.42. The lowest BCUT2D eigenvalue weighted by atomic mass is 9.95. The van der Waals surface area contributed by atoms with E-state index >= 15 is 0 Å². The number of hydrogen-bond acceptors (Lipinski definition) is 2. The summed E-state index contributed by atoms with van der Waals surface area (Å²) in [5.41, 5.74) is 8.26. The minimum atomic E-state index is 0.224. The molecule has 1 aliphatic rings. The molecule has 1 aromatic rings. The maximum Gasteiger partial charge on any atom is 0.123 e. The van der Waals surface area contributed by atoms with Crippen LogP contribution in [0.2, 0.25) is 0 Å². The van der Waals surface area contributed by atoms with E-state index < -0.39 is 0 Å². The van der Waals surface area contributed by atoms with Crippen molar-refractivity contribution in [2.45, 2.75) is 25.9 Å². The summed E-state index contributed by atoms with van der Waals surface area (Å²) in [6.07, 6.45) is 0.224. The highest BCUT2D eigenvalue weighted by Gasteiger charge is 2.29. The number of nitrogens with two attached hydrogens (primary N) is 1. The van der Waals surface area contributed by atoms with Crippen molar-refractivity contribution in [1.29, 1.82) is 0 Å². The highest BCUT2D eigenvalue weighted by molar-refractivity contribution is 5.43. The molecule has 0 fully saturated rings. The van der Waals surface area contributed by atoms with Crippen molar-refractivity contribution in [2.24, 2.45) is 5.73 Å². The van der Waals surface area contributed by atoms with Gasteiger partial charge >= 0.3 is 0 Å². The van der Waals surface area contributed by atoms with Crippen LogP contribution in [-0.2, 0) is 0 Å². The quantitative estimate of drug-likeness (QED) is 0.710. The molecule has 13 heavy (non-hydrogen) atoms. The predicted octanol–water partition coefficient (Wildman–Crippen LogP) is 1.82. The van der Waals surface area contributed by atoms with Gasteiger partial charge in [0.05, 0.1) is 0 Å². The van der Waals surface area contributed by atoms with E-state index in [0.29, 0.717) is 12.5 Å². The molecule has 0 saturated carbocycles. The zero-order valence-corrected chi connectivity index (χ0v) is 8.08. The number of benzene rings is 1. The number of ether oxygens (including phenoxy) is 1. The van der Waals surface area contributed by atoms with Gasteiger partial charge in [0.1, 0.15) is 11.9 Å². The molecule has 0 radical (unpaired) electrons. The minimum absolute atomic E-state index is 0.224. The second-order valence-electron chi connectivity index (χ2n) is 3.71. The highest BCUT2D eigenvalue weighted by Crippen LogP contribution is 2.37. The predicted molar refractivity (Wildman–Crippen MR) is 53.1 cm³/mol. The van der Waals surface area contributed by atoms with Crippen LogP contribution < -0.4 is 10.5 Å². The zero-order valence-electron chi connectivity index (χ0n) is 8.08. The summed E-state index contributed by atoms with van der Waals surface area (Å²) in [6.45, 7) is 4.83. The molecule has 2 rings (SSSR count). The summed E-state index contributed by atoms with van der Waals surface area (Å²) in [6, 6.07) is 6.29. The third-order valence-corrected chi connectivity index (χ3v) is 2.70. The molecule has 2 heteroatoms. The van der Waals surface area contributed by atoms with Gasteiger partial charge in [0.25, 0.3) is 0 Å². The smallest absolute Gasteiger partial charge is 0.123 e. The van der Waals surface area contributed by atoms with Crippen LogP contribution in [0, 0.1) is 6.92 Å². The highest BCUT2D eigenvalue weighted by atomic mass is 16.5. The van der Waals surface area contributed by atoms with E-state index in [0.717, 1.165) is 5.75 Å². The van der Waals surface area contributed by atoms with Crippen molar-refractivity contribution in [3.05, 3.63) is 29.3 Å². The molecule has 0 amide bonds. The number of hydrogen-bond donors (Lipinski definition) is 1. The number of aryl methyl sites for hydroxylation is 1. The summed E-state index contributed by atoms with van der Waals surface area (Å²) in [5, 5.41) is 0. The first kappa shape index (κ1) is 8.57. The van der Waals surface area contributed by atoms with E-state index in [2.05, 4.69) is 26.0 Å². The van der Waals surface area contributed by atoms with Crippen molar-refractivity contribution in [1.82, 2.24) is 0 Å². The molecule has 2 N–H and O–H groups in total. The second-order valence-corrected chi connectivity index (χ2v) is 3.71. The van der Waals surface area contributed by atoms with Gasteiger partial charge in [-0.1, -0.05) is 17.7 Å². The van der Waals surface area contributed by atoms with Crippen LogP contribution in [0.25, 0.3) is 0 Å². The van der Waals surface area contributed by atoms with E-state index in [1.165, 1.54) is 11.1 Å². The topological polar surface area (TPSA) is 35.2 Å². The van der Waals surface area contributed by atoms with Crippen LogP contribution in [0.1, 0.15) is 24.0 Å². The monoisotopic (exact) mass is 177 g/mol. The first-order valence-corrected chi connectivity index (χ1v) is 4.69. The van der Waals surface area contributed by atoms with Gasteiger partial charge in [0, 0.05) is 18.0 Å². The lowest BCUT2D eigenvalue weighted by Crippen LogP contribution is -2.21. The van der Waals surface area contributed by atoms with Gasteiger partial charge in [-0.05, 0) is 19.9 Å². The molecule has 2 nitrogen and oxygen atoms in total. The van der Waals surface area contributed by atoms with E-state index in [9.17, 15) is 0 Å². The lowest BCUT2D eigenvalue weighted by Gasteiger charge is -2.11. The van der Waals surface area contributed by atoms with Gasteiger partial charge < -0.3 is 10.5 Å². The first-order chi connectivity index (χ1) is 6.22. The SMILES string of the molecule is Cc1ccc2c(c1)C(CN)C(C)O2. The van der Waals surface area contributed by atoms with Crippen LogP contribution >= 0.6 is 0 Å². The summed E-state index contributed by atoms with van der Waals surface area (Å²) >= 11 is 0. The molecule has 2 unspecified atom stereocenters. The molecule has 1 aliphatic heterocycles. The van der Waals surface area contributed by atoms with Crippen LogP contribution in [0.4, 0.5) is 0 Å². The Balaban J connectivity index is 2.44. The fourth-order valence-corrected chi connectivity index (χ4v) is 1.92. The molecule has 0 aromatic heterocycles. The molecular weight excluding hydrogens is 162 g/mol. The molecule has 2 atom stereocenters. The Labute approximate surface area is 78.7 Å². The maximum atomic E-state index is 5.71. The molecule has 70 valence electrons. The summed E-state index contributed by atoms with van der Waals surface area (Å²) < 4.78 is 5.69. The van der Waals surface area contributed by atoms with Gasteiger partial charge in [-0.3, -0.25) is 0 Å². The van der Waals surface area contributed by atoms with Gasteiger partial charge in [-0.25, -0.2) is 0 Å². The number of fused-ring (bicyclic) bond motifs is 1. The molecular formula is C11H15NO. The average molecular weight is 177 g/mol. The first-order valence-electron chi connectivity index (χ1n) is 4.69. The van der Waals surface area contributed by atoms with Crippen LogP contribution in [-0.4, -0.2) is 12.6 Å². The van der Waals surface area contributed by atoms with Gasteiger partial charge in [0.15, 0.2) is 0 Å². The Kier molecular flexibility index (Phi) is 2.00. The van der Waals surface area contributed by atoms with Crippen molar-refractivity contribution in [2.75, 3.05) is 6.54 Å². The van der Waals surface area contributed by atoms with E-state index in [-0.39, 0.29) is 6.10 Å². The van der Waals surface area contributed by atoms with Gasteiger partial charge in [-0.2, -0.15) is 0 Å². The summed E-state index contributed by atoms with van der Waals surface area (Å²) in [4.78, 5) is 0. The Morgan fingerprint density at radius 1 is 1.46 bits per heavy atom. The van der Waals surface area contributed by atoms with Gasteiger partial charge in [0.2, 0.25) is 0 Å². The largest absolute Gasteiger partial charge is 0.490 e. The Morgan fingerprint density at radius 3 is 2.92 bits per heavy atom. The van der Waals surface area contributed by atoms with E-state index in [1.54, 1.807) is 0 Å². The standard InChI is InChI=1S/C11H15NO/c1-7-3-4-11-9(5-7)10(6-12)8(2)13-11/h3-5,8,10H,6,12H2,1-2H3. The fourth-order valence-electron chi connectivity index (χ4n) is 1.92.